The van der Waals surface area contributed by atoms with E-state index >= 15 is 0 Å². The second-order valence-electron chi connectivity index (χ2n) is 4.76. The Labute approximate surface area is 105 Å². The third-order valence-electron chi connectivity index (χ3n) is 3.37. The molecular formula is C14H24Mg. The Hall–Kier alpha value is 0.246. The fourth-order valence-electron chi connectivity index (χ4n) is 2.25. The summed E-state index contributed by atoms with van der Waals surface area (Å²) < 4.78 is 3.36. The zero-order chi connectivity index (χ0) is 10.9. The van der Waals surface area contributed by atoms with Gasteiger partial charge in [-0.2, -0.15) is 3.70 Å². The van der Waals surface area contributed by atoms with Crippen molar-refractivity contribution in [3.8, 4) is 0 Å². The van der Waals surface area contributed by atoms with E-state index in [-0.39, 0.29) is 20.4 Å². The molecule has 0 bridgehead atoms. The van der Waals surface area contributed by atoms with Gasteiger partial charge in [-0.3, -0.25) is 0 Å². The van der Waals surface area contributed by atoms with Crippen LogP contribution in [0.15, 0.2) is 21.4 Å². The highest BCUT2D eigenvalue weighted by molar-refractivity contribution is 6.45. The van der Waals surface area contributed by atoms with Crippen molar-refractivity contribution in [1.29, 1.82) is 0 Å². The van der Waals surface area contributed by atoms with Crippen LogP contribution in [0.5, 0.6) is 0 Å². The molecule has 0 atom stereocenters. The van der Waals surface area contributed by atoms with E-state index in [0.717, 1.165) is 0 Å². The molecule has 15 heavy (non-hydrogen) atoms. The maximum Gasteiger partial charge on any atom is 0.403 e. The molecular weight excluding hydrogens is 192 g/mol. The van der Waals surface area contributed by atoms with Crippen molar-refractivity contribution in [2.45, 2.75) is 63.3 Å². The lowest BCUT2D eigenvalue weighted by atomic mass is 10.1. The Bertz CT molecular complexity index is 225. The minimum Gasteiger partial charge on any atom is -0.188 e. The molecule has 0 aliphatic heterocycles. The first kappa shape index (κ1) is 13.3. The van der Waals surface area contributed by atoms with E-state index in [4.69, 9.17) is 0 Å². The van der Waals surface area contributed by atoms with Crippen LogP contribution in [-0.2, 0) is 0 Å². The predicted molar refractivity (Wildman–Crippen MR) is 70.4 cm³/mol. The zero-order valence-corrected chi connectivity index (χ0v) is 11.9. The summed E-state index contributed by atoms with van der Waals surface area (Å²) in [6.45, 7) is 4.57. The maximum absolute atomic E-state index is 2.33. The fourth-order valence-corrected chi connectivity index (χ4v) is 4.16. The van der Waals surface area contributed by atoms with Gasteiger partial charge in [-0.05, 0) is 13.3 Å². The van der Waals surface area contributed by atoms with Gasteiger partial charge in [-0.15, -0.1) is 4.55 Å². The van der Waals surface area contributed by atoms with Crippen molar-refractivity contribution in [2.75, 3.05) is 0 Å². The van der Waals surface area contributed by atoms with Crippen LogP contribution in [0.4, 0.5) is 0 Å². The molecule has 0 aromatic heterocycles. The van der Waals surface area contributed by atoms with Crippen LogP contribution in [0.25, 0.3) is 0 Å². The lowest BCUT2D eigenvalue weighted by molar-refractivity contribution is 0.624. The van der Waals surface area contributed by atoms with Crippen molar-refractivity contribution in [1.82, 2.24) is 0 Å². The minimum absolute atomic E-state index is 0.118. The van der Waals surface area contributed by atoms with Crippen LogP contribution in [-0.4, -0.2) is 20.4 Å². The third-order valence-corrected chi connectivity index (χ3v) is 5.68. The molecule has 0 spiro atoms. The molecule has 0 radical (unpaired) electrons. The van der Waals surface area contributed by atoms with Gasteiger partial charge in [0.1, 0.15) is 0 Å². The van der Waals surface area contributed by atoms with Crippen LogP contribution >= 0.6 is 0 Å². The molecule has 0 amide bonds. The Morgan fingerprint density at radius 2 is 1.87 bits per heavy atom. The zero-order valence-electron chi connectivity index (χ0n) is 10.5. The molecule has 1 aliphatic rings. The first-order chi connectivity index (χ1) is 7.34. The highest BCUT2D eigenvalue weighted by Crippen LogP contribution is 2.19. The van der Waals surface area contributed by atoms with Crippen molar-refractivity contribution >= 4 is 20.4 Å². The molecule has 0 fully saturated rings. The van der Waals surface area contributed by atoms with Gasteiger partial charge in [0.15, 0.2) is 0 Å². The summed E-state index contributed by atoms with van der Waals surface area (Å²) in [4.78, 5) is 0. The van der Waals surface area contributed by atoms with Gasteiger partial charge < -0.3 is 0 Å². The molecule has 1 rings (SSSR count). The molecule has 0 N–H and O–H groups in total. The van der Waals surface area contributed by atoms with Crippen LogP contribution < -0.4 is 0 Å². The van der Waals surface area contributed by atoms with Crippen LogP contribution in [0, 0.1) is 0 Å². The fraction of sp³-hybridized carbons (Fsp3) is 0.714. The van der Waals surface area contributed by atoms with E-state index in [2.05, 4.69) is 26.0 Å². The van der Waals surface area contributed by atoms with E-state index in [9.17, 15) is 0 Å². The minimum atomic E-state index is 0.118. The summed E-state index contributed by atoms with van der Waals surface area (Å²) in [5, 5.41) is 0. The van der Waals surface area contributed by atoms with Gasteiger partial charge in [0.25, 0.3) is 0 Å². The summed E-state index contributed by atoms with van der Waals surface area (Å²) >= 11 is 0.118. The Morgan fingerprint density at radius 1 is 1.13 bits per heavy atom. The normalized spacial score (nSPS) is 14.8. The summed E-state index contributed by atoms with van der Waals surface area (Å²) in [7, 11) is 0. The van der Waals surface area contributed by atoms with Gasteiger partial charge in [0, 0.05) is 0 Å². The Balaban J connectivity index is 1.91. The Morgan fingerprint density at radius 3 is 2.53 bits per heavy atom. The number of hydrogen-bond acceptors (Lipinski definition) is 0. The number of unbranched alkanes of at least 4 members (excludes halogenated alkanes) is 5. The van der Waals surface area contributed by atoms with Crippen molar-refractivity contribution in [2.24, 2.45) is 0 Å². The molecule has 0 heterocycles. The molecule has 0 aromatic carbocycles. The molecule has 0 aromatic rings. The molecule has 0 saturated heterocycles. The highest BCUT2D eigenvalue weighted by atomic mass is 24.5. The second-order valence-corrected chi connectivity index (χ2v) is 6.83. The van der Waals surface area contributed by atoms with Gasteiger partial charge in [-0.1, -0.05) is 63.2 Å². The smallest absolute Gasteiger partial charge is 0.188 e. The number of allylic oxidation sites excluding steroid dienone is 4. The molecule has 0 unspecified atom stereocenters. The van der Waals surface area contributed by atoms with E-state index in [0.29, 0.717) is 0 Å². The average molecular weight is 217 g/mol. The topological polar surface area (TPSA) is 0 Å². The lowest BCUT2D eigenvalue weighted by Crippen LogP contribution is -1.95. The summed E-state index contributed by atoms with van der Waals surface area (Å²) in [6.07, 6.45) is 14.6. The van der Waals surface area contributed by atoms with Gasteiger partial charge in [0.2, 0.25) is 0 Å². The van der Waals surface area contributed by atoms with Crippen LogP contribution in [0.3, 0.4) is 0 Å². The van der Waals surface area contributed by atoms with E-state index < -0.39 is 0 Å². The first-order valence-electron chi connectivity index (χ1n) is 6.69. The second kappa shape index (κ2) is 8.40. The van der Waals surface area contributed by atoms with Crippen LogP contribution in [0.2, 0.25) is 4.55 Å². The van der Waals surface area contributed by atoms with E-state index in [1.165, 1.54) is 44.9 Å². The van der Waals surface area contributed by atoms with Crippen molar-refractivity contribution in [3.63, 3.8) is 0 Å². The lowest BCUT2D eigenvalue weighted by Gasteiger charge is -2.02. The SMILES string of the molecule is CCCCCCC[CH2][Mg][C]1=C(C)C=CC1. The van der Waals surface area contributed by atoms with Gasteiger partial charge in [0.05, 0.1) is 0 Å². The molecule has 1 heteroatoms. The average Bonchev–Trinajstić information content (AvgIpc) is 2.63. The monoisotopic (exact) mass is 216 g/mol. The molecule has 1 aliphatic carbocycles. The maximum atomic E-state index is 2.33. The predicted octanol–water partition coefficient (Wildman–Crippen LogP) is 4.70. The van der Waals surface area contributed by atoms with E-state index in [1.54, 1.807) is 10.1 Å². The molecule has 0 nitrogen and oxygen atoms in total. The van der Waals surface area contributed by atoms with Crippen molar-refractivity contribution < 1.29 is 0 Å². The van der Waals surface area contributed by atoms with Crippen LogP contribution in [0.1, 0.15) is 58.8 Å². The summed E-state index contributed by atoms with van der Waals surface area (Å²) in [5.41, 5.74) is 1.59. The summed E-state index contributed by atoms with van der Waals surface area (Å²) in [5.74, 6) is 0. The van der Waals surface area contributed by atoms with Crippen molar-refractivity contribution in [3.05, 3.63) is 21.4 Å². The standard InChI is InChI=1S/C8H17.C6H7.Mg/c1-3-5-7-8-6-4-2;1-6-4-2-3-5-6;/h1,3-8H2,2H3;2,4H,3H2,1H3;. The third kappa shape index (κ3) is 5.77. The molecule has 0 saturated carbocycles. The number of hydrogen-bond donors (Lipinski definition) is 0. The highest BCUT2D eigenvalue weighted by Gasteiger charge is 2.07. The first-order valence-corrected chi connectivity index (χ1v) is 8.40. The quantitative estimate of drug-likeness (QED) is 0.407. The molecule has 82 valence electrons. The Kier molecular flexibility index (Phi) is 7.46. The largest absolute Gasteiger partial charge is 0.403 e. The number of rotatable bonds is 8. The van der Waals surface area contributed by atoms with E-state index in [1.807, 2.05) is 3.70 Å². The summed E-state index contributed by atoms with van der Waals surface area (Å²) in [6, 6.07) is 0. The van der Waals surface area contributed by atoms with Gasteiger partial charge >= 0.3 is 20.4 Å². The van der Waals surface area contributed by atoms with Gasteiger partial charge in [-0.25, -0.2) is 0 Å².